The average molecular weight is 345 g/mol. The van der Waals surface area contributed by atoms with E-state index >= 15 is 0 Å². The quantitative estimate of drug-likeness (QED) is 0.761. The third-order valence-corrected chi connectivity index (χ3v) is 3.38. The molecule has 9 heteroatoms. The first-order valence-corrected chi connectivity index (χ1v) is 7.84. The number of hydrogen-bond donors (Lipinski definition) is 3. The lowest BCUT2D eigenvalue weighted by atomic mass is 9.92. The third-order valence-electron chi connectivity index (χ3n) is 3.38. The smallest absolute Gasteiger partial charge is 0.280 e. The lowest BCUT2D eigenvalue weighted by Gasteiger charge is -2.27. The number of hydrogen-bond acceptors (Lipinski definition) is 6. The molecule has 0 bridgehead atoms. The Balaban J connectivity index is 2.46. The van der Waals surface area contributed by atoms with Crippen molar-refractivity contribution < 1.29 is 18.3 Å². The topological polar surface area (TPSA) is 83.0 Å². The first kappa shape index (κ1) is 18.4. The Kier molecular flexibility index (Phi) is 5.32. The maximum absolute atomic E-state index is 14.2. The Hall–Kier alpha value is -1.90. The molecule has 1 aliphatic carbocycles. The zero-order valence-electron chi connectivity index (χ0n) is 14.1. The van der Waals surface area contributed by atoms with Crippen LogP contribution in [-0.2, 0) is 0 Å². The Labute approximate surface area is 138 Å². The second kappa shape index (κ2) is 6.92. The molecule has 6 nitrogen and oxygen atoms in total. The molecule has 1 aromatic heterocycles. The standard InChI is InChI=1S/C15H22F3N5O/c1-7(2)19-13-21-12(22-14(23-13)20-8(3)4)9-5-6-15(17,18)11(24)10(9)16/h7-8,11,24H,5-6H2,1-4H3,(H2,19,20,21,22,23). The van der Waals surface area contributed by atoms with Crippen LogP contribution in [0.1, 0.15) is 46.4 Å². The number of allylic oxidation sites excluding steroid dienone is 1. The summed E-state index contributed by atoms with van der Waals surface area (Å²) in [6.45, 7) is 7.51. The minimum atomic E-state index is -3.49. The van der Waals surface area contributed by atoms with E-state index in [1.807, 2.05) is 27.7 Å². The van der Waals surface area contributed by atoms with Crippen molar-refractivity contribution >= 4 is 17.5 Å². The van der Waals surface area contributed by atoms with Gasteiger partial charge in [0.1, 0.15) is 5.83 Å². The molecule has 134 valence electrons. The molecule has 3 N–H and O–H groups in total. The van der Waals surface area contributed by atoms with Crippen molar-refractivity contribution in [3.05, 3.63) is 11.7 Å². The summed E-state index contributed by atoms with van der Waals surface area (Å²) >= 11 is 0. The van der Waals surface area contributed by atoms with E-state index in [1.165, 1.54) is 0 Å². The van der Waals surface area contributed by atoms with Crippen LogP contribution in [0.4, 0.5) is 25.1 Å². The van der Waals surface area contributed by atoms with Crippen LogP contribution in [0.25, 0.3) is 5.57 Å². The summed E-state index contributed by atoms with van der Waals surface area (Å²) in [7, 11) is 0. The number of anilines is 2. The van der Waals surface area contributed by atoms with Crippen LogP contribution in [0.3, 0.4) is 0 Å². The monoisotopic (exact) mass is 345 g/mol. The molecule has 0 spiro atoms. The lowest BCUT2D eigenvalue weighted by molar-refractivity contribution is -0.107. The molecular formula is C15H22F3N5O. The molecule has 0 saturated carbocycles. The fourth-order valence-electron chi connectivity index (χ4n) is 2.27. The number of halogens is 3. The van der Waals surface area contributed by atoms with Gasteiger partial charge in [0.2, 0.25) is 11.9 Å². The normalized spacial score (nSPS) is 20.7. The minimum Gasteiger partial charge on any atom is -0.380 e. The van der Waals surface area contributed by atoms with Gasteiger partial charge in [-0.15, -0.1) is 0 Å². The van der Waals surface area contributed by atoms with Gasteiger partial charge in [-0.1, -0.05) is 0 Å². The van der Waals surface area contributed by atoms with Crippen molar-refractivity contribution in [2.24, 2.45) is 0 Å². The summed E-state index contributed by atoms with van der Waals surface area (Å²) in [5, 5.41) is 15.4. The molecule has 0 radical (unpaired) electrons. The number of nitrogens with one attached hydrogen (secondary N) is 2. The highest BCUT2D eigenvalue weighted by Gasteiger charge is 2.46. The van der Waals surface area contributed by atoms with Crippen molar-refractivity contribution in [3.63, 3.8) is 0 Å². The Morgan fingerprint density at radius 3 is 2.00 bits per heavy atom. The number of aliphatic hydroxyl groups excluding tert-OH is 1. The van der Waals surface area contributed by atoms with Gasteiger partial charge >= 0.3 is 0 Å². The van der Waals surface area contributed by atoms with E-state index in [0.29, 0.717) is 0 Å². The van der Waals surface area contributed by atoms with Gasteiger partial charge in [0.05, 0.1) is 0 Å². The molecule has 1 atom stereocenters. The Morgan fingerprint density at radius 2 is 1.54 bits per heavy atom. The van der Waals surface area contributed by atoms with Gasteiger partial charge in [-0.25, -0.2) is 13.2 Å². The average Bonchev–Trinajstić information content (AvgIpc) is 2.43. The predicted octanol–water partition coefficient (Wildman–Crippen LogP) is 2.98. The van der Waals surface area contributed by atoms with E-state index in [1.54, 1.807) is 0 Å². The first-order valence-electron chi connectivity index (χ1n) is 7.84. The van der Waals surface area contributed by atoms with Gasteiger partial charge in [0.15, 0.2) is 11.9 Å². The highest BCUT2D eigenvalue weighted by Crippen LogP contribution is 2.40. The molecule has 1 unspecified atom stereocenters. The van der Waals surface area contributed by atoms with Gasteiger partial charge in [-0.2, -0.15) is 15.0 Å². The zero-order chi connectivity index (χ0) is 18.1. The van der Waals surface area contributed by atoms with Crippen LogP contribution in [0.2, 0.25) is 0 Å². The van der Waals surface area contributed by atoms with Crippen LogP contribution in [0.5, 0.6) is 0 Å². The number of aromatic nitrogens is 3. The highest BCUT2D eigenvalue weighted by molar-refractivity contribution is 5.66. The summed E-state index contributed by atoms with van der Waals surface area (Å²) in [5.74, 6) is -4.40. The molecular weight excluding hydrogens is 323 g/mol. The van der Waals surface area contributed by atoms with Gasteiger partial charge in [0, 0.05) is 24.1 Å². The summed E-state index contributed by atoms with van der Waals surface area (Å²) in [5.41, 5.74) is -0.116. The van der Waals surface area contributed by atoms with Gasteiger partial charge in [-0.3, -0.25) is 0 Å². The Morgan fingerprint density at radius 1 is 1.04 bits per heavy atom. The Bertz CT molecular complexity index is 605. The van der Waals surface area contributed by atoms with Crippen molar-refractivity contribution in [1.82, 2.24) is 15.0 Å². The van der Waals surface area contributed by atoms with Crippen LogP contribution in [-0.4, -0.2) is 44.2 Å². The van der Waals surface area contributed by atoms with Crippen molar-refractivity contribution in [1.29, 1.82) is 0 Å². The fraction of sp³-hybridized carbons (Fsp3) is 0.667. The molecule has 24 heavy (non-hydrogen) atoms. The van der Waals surface area contributed by atoms with Gasteiger partial charge < -0.3 is 15.7 Å². The number of rotatable bonds is 5. The van der Waals surface area contributed by atoms with Crippen molar-refractivity contribution in [2.75, 3.05) is 10.6 Å². The summed E-state index contributed by atoms with van der Waals surface area (Å²) in [6.07, 6.45) is -3.40. The predicted molar refractivity (Wildman–Crippen MR) is 85.6 cm³/mol. The van der Waals surface area contributed by atoms with E-state index in [2.05, 4.69) is 25.6 Å². The van der Waals surface area contributed by atoms with E-state index < -0.39 is 24.3 Å². The SMILES string of the molecule is CC(C)Nc1nc(NC(C)C)nc(C2=C(F)C(O)C(F)(F)CC2)n1. The highest BCUT2D eigenvalue weighted by atomic mass is 19.3. The summed E-state index contributed by atoms with van der Waals surface area (Å²) < 4.78 is 41.1. The molecule has 0 fully saturated rings. The molecule has 0 amide bonds. The largest absolute Gasteiger partial charge is 0.380 e. The van der Waals surface area contributed by atoms with Crippen molar-refractivity contribution in [2.45, 2.75) is 64.6 Å². The molecule has 1 aliphatic rings. The number of alkyl halides is 2. The minimum absolute atomic E-state index is 0.0206. The van der Waals surface area contributed by atoms with Crippen LogP contribution < -0.4 is 10.6 Å². The van der Waals surface area contributed by atoms with Crippen molar-refractivity contribution in [3.8, 4) is 0 Å². The first-order chi connectivity index (χ1) is 11.1. The van der Waals surface area contributed by atoms with Gasteiger partial charge in [-0.05, 0) is 34.1 Å². The maximum atomic E-state index is 14.2. The van der Waals surface area contributed by atoms with E-state index in [-0.39, 0.29) is 41.8 Å². The molecule has 2 rings (SSSR count). The second-order valence-electron chi connectivity index (χ2n) is 6.39. The van der Waals surface area contributed by atoms with E-state index in [9.17, 15) is 18.3 Å². The third kappa shape index (κ3) is 4.14. The molecule has 1 aromatic rings. The summed E-state index contributed by atoms with van der Waals surface area (Å²) in [4.78, 5) is 12.4. The van der Waals surface area contributed by atoms with Gasteiger partial charge in [0.25, 0.3) is 5.92 Å². The lowest BCUT2D eigenvalue weighted by Crippen LogP contribution is -2.37. The fourth-order valence-corrected chi connectivity index (χ4v) is 2.27. The van der Waals surface area contributed by atoms with Crippen LogP contribution in [0, 0.1) is 0 Å². The molecule has 0 aromatic carbocycles. The van der Waals surface area contributed by atoms with Crippen LogP contribution in [0.15, 0.2) is 5.83 Å². The zero-order valence-corrected chi connectivity index (χ0v) is 14.1. The molecule has 0 saturated heterocycles. The van der Waals surface area contributed by atoms with Crippen LogP contribution >= 0.6 is 0 Å². The number of nitrogens with zero attached hydrogens (tertiary/aromatic N) is 3. The maximum Gasteiger partial charge on any atom is 0.280 e. The second-order valence-corrected chi connectivity index (χ2v) is 6.39. The van der Waals surface area contributed by atoms with E-state index in [0.717, 1.165) is 0 Å². The molecule has 1 heterocycles. The number of aliphatic hydroxyl groups is 1. The van der Waals surface area contributed by atoms with E-state index in [4.69, 9.17) is 0 Å². The molecule has 0 aliphatic heterocycles. The summed E-state index contributed by atoms with van der Waals surface area (Å²) in [6, 6.07) is 0.0412.